The summed E-state index contributed by atoms with van der Waals surface area (Å²) in [7, 11) is 0. The van der Waals surface area contributed by atoms with E-state index in [9.17, 15) is 14.7 Å². The van der Waals surface area contributed by atoms with Gasteiger partial charge in [-0.1, -0.05) is 6.92 Å². The van der Waals surface area contributed by atoms with E-state index in [0.717, 1.165) is 12.8 Å². The molecule has 0 aromatic carbocycles. The third kappa shape index (κ3) is 2.72. The molecule has 1 amide bonds. The molecule has 5 heteroatoms. The number of nitrogens with one attached hydrogen (secondary N) is 1. The predicted molar refractivity (Wildman–Crippen MR) is 59.8 cm³/mol. The number of carbonyl (C=O) groups is 2. The molecule has 0 radical (unpaired) electrons. The molecule has 1 aliphatic rings. The minimum Gasteiger partial charge on any atom is -0.480 e. The monoisotopic (exact) mass is 228 g/mol. The van der Waals surface area contributed by atoms with Crippen molar-refractivity contribution in [3.8, 4) is 0 Å². The molecule has 16 heavy (non-hydrogen) atoms. The van der Waals surface area contributed by atoms with Crippen molar-refractivity contribution >= 4 is 11.9 Å². The first-order valence-electron chi connectivity index (χ1n) is 5.68. The van der Waals surface area contributed by atoms with Crippen molar-refractivity contribution in [1.82, 2.24) is 5.32 Å². The number of hydrogen-bond acceptors (Lipinski definition) is 3. The Kier molecular flexibility index (Phi) is 3.91. The summed E-state index contributed by atoms with van der Waals surface area (Å²) in [5, 5.41) is 11.8. The highest BCUT2D eigenvalue weighted by Gasteiger charge is 2.42. The van der Waals surface area contributed by atoms with Gasteiger partial charge in [-0.2, -0.15) is 0 Å². The van der Waals surface area contributed by atoms with Crippen molar-refractivity contribution in [2.75, 3.05) is 0 Å². The summed E-state index contributed by atoms with van der Waals surface area (Å²) in [6.07, 6.45) is 2.63. The molecular weight excluding hydrogens is 208 g/mol. The Hall–Kier alpha value is -1.10. The molecule has 1 rings (SSSR count). The van der Waals surface area contributed by atoms with E-state index in [0.29, 0.717) is 18.8 Å². The fourth-order valence-electron chi connectivity index (χ4n) is 2.00. The second-order valence-electron chi connectivity index (χ2n) is 4.85. The molecule has 0 heterocycles. The molecule has 0 saturated heterocycles. The van der Waals surface area contributed by atoms with Crippen LogP contribution in [0.2, 0.25) is 0 Å². The van der Waals surface area contributed by atoms with Crippen molar-refractivity contribution in [2.45, 2.75) is 51.1 Å². The number of carbonyl (C=O) groups excluding carboxylic acids is 1. The van der Waals surface area contributed by atoms with Gasteiger partial charge in [-0.05, 0) is 38.5 Å². The van der Waals surface area contributed by atoms with Crippen LogP contribution in [0.4, 0.5) is 0 Å². The highest BCUT2D eigenvalue weighted by molar-refractivity contribution is 5.89. The van der Waals surface area contributed by atoms with Gasteiger partial charge in [0.25, 0.3) is 0 Å². The van der Waals surface area contributed by atoms with E-state index in [-0.39, 0.29) is 0 Å². The fourth-order valence-corrected chi connectivity index (χ4v) is 2.00. The maximum atomic E-state index is 11.5. The van der Waals surface area contributed by atoms with Gasteiger partial charge < -0.3 is 16.2 Å². The van der Waals surface area contributed by atoms with E-state index in [4.69, 9.17) is 5.73 Å². The third-order valence-electron chi connectivity index (χ3n) is 3.31. The molecule has 0 bridgehead atoms. The highest BCUT2D eigenvalue weighted by atomic mass is 16.4. The summed E-state index contributed by atoms with van der Waals surface area (Å²) in [5.74, 6) is -0.815. The molecular formula is C11H20N2O3. The zero-order valence-corrected chi connectivity index (χ0v) is 9.82. The number of carboxylic acids is 1. The first kappa shape index (κ1) is 13.0. The second kappa shape index (κ2) is 4.82. The molecule has 0 aromatic heterocycles. The number of nitrogens with two attached hydrogens (primary N) is 1. The summed E-state index contributed by atoms with van der Waals surface area (Å²) >= 11 is 0. The molecule has 5 nitrogen and oxygen atoms in total. The number of hydrogen-bond donors (Lipinski definition) is 3. The van der Waals surface area contributed by atoms with Gasteiger partial charge in [0, 0.05) is 0 Å². The van der Waals surface area contributed by atoms with Crippen LogP contribution in [0.1, 0.15) is 39.5 Å². The lowest BCUT2D eigenvalue weighted by Gasteiger charge is -2.36. The van der Waals surface area contributed by atoms with Crippen LogP contribution in [-0.4, -0.2) is 28.6 Å². The molecule has 4 N–H and O–H groups in total. The van der Waals surface area contributed by atoms with Crippen LogP contribution >= 0.6 is 0 Å². The number of amides is 1. The largest absolute Gasteiger partial charge is 0.480 e. The van der Waals surface area contributed by atoms with Gasteiger partial charge in [0.15, 0.2) is 0 Å². The van der Waals surface area contributed by atoms with Crippen molar-refractivity contribution < 1.29 is 14.7 Å². The summed E-state index contributed by atoms with van der Waals surface area (Å²) < 4.78 is 0. The zero-order chi connectivity index (χ0) is 12.3. The lowest BCUT2D eigenvalue weighted by molar-refractivity contribution is -0.149. The van der Waals surface area contributed by atoms with Crippen LogP contribution < -0.4 is 11.1 Å². The van der Waals surface area contributed by atoms with Gasteiger partial charge in [-0.3, -0.25) is 4.79 Å². The van der Waals surface area contributed by atoms with Crippen molar-refractivity contribution in [3.63, 3.8) is 0 Å². The average molecular weight is 228 g/mol. The third-order valence-corrected chi connectivity index (χ3v) is 3.31. The molecule has 0 aromatic rings. The quantitative estimate of drug-likeness (QED) is 0.655. The smallest absolute Gasteiger partial charge is 0.329 e. The Bertz CT molecular complexity index is 281. The first-order chi connectivity index (χ1) is 7.37. The Morgan fingerprint density at radius 2 is 1.94 bits per heavy atom. The highest BCUT2D eigenvalue weighted by Crippen LogP contribution is 2.32. The van der Waals surface area contributed by atoms with E-state index in [2.05, 4.69) is 12.2 Å². The van der Waals surface area contributed by atoms with Crippen LogP contribution in [0.15, 0.2) is 0 Å². The Morgan fingerprint density at radius 1 is 1.44 bits per heavy atom. The SMILES string of the molecule is CC1CCC(NC(=O)[C@@H](C)N)(C(=O)O)CC1. The van der Waals surface area contributed by atoms with Gasteiger partial charge >= 0.3 is 5.97 Å². The maximum absolute atomic E-state index is 11.5. The number of aliphatic carboxylic acids is 1. The van der Waals surface area contributed by atoms with E-state index >= 15 is 0 Å². The summed E-state index contributed by atoms with van der Waals surface area (Å²) in [5.41, 5.74) is 4.33. The van der Waals surface area contributed by atoms with Gasteiger partial charge in [0.1, 0.15) is 5.54 Å². The maximum Gasteiger partial charge on any atom is 0.329 e. The second-order valence-corrected chi connectivity index (χ2v) is 4.85. The van der Waals surface area contributed by atoms with Gasteiger partial charge in [0.2, 0.25) is 5.91 Å². The number of carboxylic acid groups (broad SMARTS) is 1. The summed E-state index contributed by atoms with van der Waals surface area (Å²) in [4.78, 5) is 22.8. The average Bonchev–Trinajstić information content (AvgIpc) is 2.21. The van der Waals surface area contributed by atoms with Crippen LogP contribution in [0.3, 0.4) is 0 Å². The number of rotatable bonds is 3. The van der Waals surface area contributed by atoms with Gasteiger partial charge in [-0.25, -0.2) is 4.79 Å². The minimum absolute atomic E-state index is 0.392. The topological polar surface area (TPSA) is 92.4 Å². The van der Waals surface area contributed by atoms with Crippen LogP contribution in [-0.2, 0) is 9.59 Å². The molecule has 0 unspecified atom stereocenters. The van der Waals surface area contributed by atoms with Crippen molar-refractivity contribution in [1.29, 1.82) is 0 Å². The van der Waals surface area contributed by atoms with E-state index < -0.39 is 23.5 Å². The Labute approximate surface area is 95.4 Å². The Morgan fingerprint density at radius 3 is 2.31 bits per heavy atom. The molecule has 1 fully saturated rings. The van der Waals surface area contributed by atoms with E-state index in [1.54, 1.807) is 6.92 Å². The normalized spacial score (nSPS) is 31.8. The molecule has 0 spiro atoms. The van der Waals surface area contributed by atoms with E-state index in [1.807, 2.05) is 0 Å². The first-order valence-corrected chi connectivity index (χ1v) is 5.68. The molecule has 92 valence electrons. The summed E-state index contributed by atoms with van der Waals surface area (Å²) in [6, 6.07) is -0.671. The van der Waals surface area contributed by atoms with Crippen LogP contribution in [0, 0.1) is 5.92 Å². The predicted octanol–water partition coefficient (Wildman–Crippen LogP) is 0.483. The lowest BCUT2D eigenvalue weighted by Crippen LogP contribution is -2.59. The molecule has 1 atom stereocenters. The lowest BCUT2D eigenvalue weighted by atomic mass is 9.77. The summed E-state index contributed by atoms with van der Waals surface area (Å²) in [6.45, 7) is 3.65. The van der Waals surface area contributed by atoms with Crippen molar-refractivity contribution in [3.05, 3.63) is 0 Å². The molecule has 0 aliphatic heterocycles. The zero-order valence-electron chi connectivity index (χ0n) is 9.82. The van der Waals surface area contributed by atoms with Gasteiger partial charge in [-0.15, -0.1) is 0 Å². The van der Waals surface area contributed by atoms with Crippen molar-refractivity contribution in [2.24, 2.45) is 11.7 Å². The standard InChI is InChI=1S/C11H20N2O3/c1-7-3-5-11(6-4-7,10(15)16)13-9(14)8(2)12/h7-8H,3-6,12H2,1-2H3,(H,13,14)(H,15,16)/t7?,8-,11?/m1/s1. The Balaban J connectivity index is 2.74. The van der Waals surface area contributed by atoms with Gasteiger partial charge in [0.05, 0.1) is 6.04 Å². The van der Waals surface area contributed by atoms with Crippen LogP contribution in [0.25, 0.3) is 0 Å². The molecule has 1 saturated carbocycles. The molecule has 1 aliphatic carbocycles. The fraction of sp³-hybridized carbons (Fsp3) is 0.818. The minimum atomic E-state index is -1.10. The van der Waals surface area contributed by atoms with E-state index in [1.165, 1.54) is 0 Å². The van der Waals surface area contributed by atoms with Crippen LogP contribution in [0.5, 0.6) is 0 Å².